The number of aryl methyl sites for hydroxylation is 1. The van der Waals surface area contributed by atoms with Crippen LogP contribution in [0.5, 0.6) is 0 Å². The number of hydrogen-bond donors (Lipinski definition) is 1. The van der Waals surface area contributed by atoms with Gasteiger partial charge in [-0.05, 0) is 18.6 Å². The van der Waals surface area contributed by atoms with E-state index in [4.69, 9.17) is 11.6 Å². The Kier molecular flexibility index (Phi) is 4.71. The van der Waals surface area contributed by atoms with Crippen molar-refractivity contribution >= 4 is 17.6 Å². The van der Waals surface area contributed by atoms with E-state index in [-0.39, 0.29) is 17.8 Å². The van der Waals surface area contributed by atoms with E-state index in [0.29, 0.717) is 17.1 Å². The fraction of sp³-hybridized carbons (Fsp3) is 0.438. The van der Waals surface area contributed by atoms with E-state index in [1.54, 1.807) is 23.9 Å². The van der Waals surface area contributed by atoms with Gasteiger partial charge in [0.05, 0.1) is 6.54 Å². The van der Waals surface area contributed by atoms with E-state index in [1.165, 1.54) is 12.4 Å². The van der Waals surface area contributed by atoms with E-state index in [9.17, 15) is 4.39 Å². The summed E-state index contributed by atoms with van der Waals surface area (Å²) in [5, 5.41) is 7.91. The van der Waals surface area contributed by atoms with Crippen LogP contribution in [0.4, 0.5) is 4.39 Å². The lowest BCUT2D eigenvalue weighted by Crippen LogP contribution is -2.40. The fourth-order valence-electron chi connectivity index (χ4n) is 2.80. The Bertz CT molecular complexity index is 739. The van der Waals surface area contributed by atoms with Crippen LogP contribution in [0.3, 0.4) is 0 Å². The highest BCUT2D eigenvalue weighted by Crippen LogP contribution is 2.44. The second-order valence-electron chi connectivity index (χ2n) is 5.93. The summed E-state index contributed by atoms with van der Waals surface area (Å²) in [5.74, 6) is 1.39. The maximum atomic E-state index is 14.0. The minimum absolute atomic E-state index is 0.0682. The summed E-state index contributed by atoms with van der Waals surface area (Å²) in [4.78, 5) is 10.5. The summed E-state index contributed by atoms with van der Waals surface area (Å²) in [6.07, 6.45) is 2.36. The number of nitrogens with one attached hydrogen (secondary N) is 1. The van der Waals surface area contributed by atoms with Gasteiger partial charge < -0.3 is 10.2 Å². The molecule has 0 aliphatic heterocycles. The molecule has 0 radical (unpaired) electrons. The number of aliphatic imine (C=N–C) groups is 1. The van der Waals surface area contributed by atoms with Crippen LogP contribution in [0.15, 0.2) is 29.5 Å². The normalized spacial score (nSPS) is 20.1. The van der Waals surface area contributed by atoms with Crippen molar-refractivity contribution in [1.82, 2.24) is 25.0 Å². The van der Waals surface area contributed by atoms with Gasteiger partial charge in [0, 0.05) is 43.7 Å². The van der Waals surface area contributed by atoms with E-state index >= 15 is 0 Å². The lowest BCUT2D eigenvalue weighted by Gasteiger charge is -2.21. The van der Waals surface area contributed by atoms with Gasteiger partial charge in [-0.25, -0.2) is 9.37 Å². The smallest absolute Gasteiger partial charge is 0.194 e. The Balaban J connectivity index is 1.64. The topological polar surface area (TPSA) is 58.3 Å². The van der Waals surface area contributed by atoms with Crippen molar-refractivity contribution in [1.29, 1.82) is 0 Å². The van der Waals surface area contributed by atoms with Gasteiger partial charge in [0.25, 0.3) is 0 Å². The number of rotatable bonds is 4. The number of halogens is 2. The van der Waals surface area contributed by atoms with Gasteiger partial charge in [0.2, 0.25) is 0 Å². The van der Waals surface area contributed by atoms with Crippen molar-refractivity contribution in [2.24, 2.45) is 12.0 Å². The molecule has 2 atom stereocenters. The summed E-state index contributed by atoms with van der Waals surface area (Å²) in [5.41, 5.74) is 0.586. The van der Waals surface area contributed by atoms with Crippen LogP contribution in [-0.2, 0) is 13.6 Å². The van der Waals surface area contributed by atoms with Crippen LogP contribution < -0.4 is 5.32 Å². The van der Waals surface area contributed by atoms with Crippen molar-refractivity contribution in [3.8, 4) is 0 Å². The molecule has 24 heavy (non-hydrogen) atoms. The van der Waals surface area contributed by atoms with E-state index < -0.39 is 0 Å². The molecule has 0 spiro atoms. The lowest BCUT2D eigenvalue weighted by atomic mass is 10.1. The molecule has 2 unspecified atom stereocenters. The highest BCUT2D eigenvalue weighted by Gasteiger charge is 2.42. The first-order valence-electron chi connectivity index (χ1n) is 7.72. The van der Waals surface area contributed by atoms with Crippen molar-refractivity contribution in [2.75, 3.05) is 14.1 Å². The third-order valence-electron chi connectivity index (χ3n) is 4.23. The first-order chi connectivity index (χ1) is 11.5. The molecular weight excluding hydrogens is 331 g/mol. The Labute approximate surface area is 145 Å². The Morgan fingerprint density at radius 2 is 2.33 bits per heavy atom. The molecule has 1 heterocycles. The number of nitrogens with zero attached hydrogens (tertiary/aromatic N) is 5. The summed E-state index contributed by atoms with van der Waals surface area (Å²) in [6, 6.07) is 4.93. The third kappa shape index (κ3) is 3.36. The molecule has 1 saturated carbocycles. The van der Waals surface area contributed by atoms with Crippen molar-refractivity contribution < 1.29 is 4.39 Å². The molecule has 1 aliphatic carbocycles. The summed E-state index contributed by atoms with van der Waals surface area (Å²) >= 11 is 6.15. The predicted molar refractivity (Wildman–Crippen MR) is 91.5 cm³/mol. The Morgan fingerprint density at radius 3 is 2.96 bits per heavy atom. The molecule has 3 rings (SSSR count). The van der Waals surface area contributed by atoms with Gasteiger partial charge in [-0.1, -0.05) is 17.7 Å². The standard InChI is InChI=1S/C16H20ClFN6/c1-19-16(23(2)8-14-20-9-21-24(14)3)22-13-7-10(13)15-11(17)5-4-6-12(15)18/h4-6,9-10,13H,7-8H2,1-3H3,(H,19,22). The van der Waals surface area contributed by atoms with Crippen LogP contribution in [-0.4, -0.2) is 45.8 Å². The van der Waals surface area contributed by atoms with Gasteiger partial charge in [-0.3, -0.25) is 9.67 Å². The monoisotopic (exact) mass is 350 g/mol. The minimum Gasteiger partial charge on any atom is -0.353 e. The number of guanidine groups is 1. The first-order valence-corrected chi connectivity index (χ1v) is 8.10. The largest absolute Gasteiger partial charge is 0.353 e. The van der Waals surface area contributed by atoms with Crippen LogP contribution in [0, 0.1) is 5.82 Å². The Morgan fingerprint density at radius 1 is 1.54 bits per heavy atom. The van der Waals surface area contributed by atoms with E-state index in [1.807, 2.05) is 19.0 Å². The first kappa shape index (κ1) is 16.7. The van der Waals surface area contributed by atoms with E-state index in [2.05, 4.69) is 20.4 Å². The molecule has 0 saturated heterocycles. The van der Waals surface area contributed by atoms with Gasteiger partial charge in [-0.2, -0.15) is 5.10 Å². The quantitative estimate of drug-likeness (QED) is 0.678. The highest BCUT2D eigenvalue weighted by molar-refractivity contribution is 6.31. The van der Waals surface area contributed by atoms with Crippen LogP contribution in [0.25, 0.3) is 0 Å². The van der Waals surface area contributed by atoms with Crippen molar-refractivity contribution in [3.05, 3.63) is 46.8 Å². The molecule has 1 N–H and O–H groups in total. The molecule has 6 nitrogen and oxygen atoms in total. The maximum Gasteiger partial charge on any atom is 0.194 e. The molecule has 0 amide bonds. The molecule has 1 aromatic heterocycles. The molecule has 0 bridgehead atoms. The zero-order chi connectivity index (χ0) is 17.3. The summed E-state index contributed by atoms with van der Waals surface area (Å²) < 4.78 is 15.7. The zero-order valence-corrected chi connectivity index (χ0v) is 14.6. The van der Waals surface area contributed by atoms with Gasteiger partial charge in [0.1, 0.15) is 18.0 Å². The Hall–Kier alpha value is -2.15. The molecule has 1 fully saturated rings. The van der Waals surface area contributed by atoms with Crippen LogP contribution in [0.1, 0.15) is 23.7 Å². The number of aromatic nitrogens is 3. The minimum atomic E-state index is -0.251. The average Bonchev–Trinajstić information content (AvgIpc) is 3.18. The second kappa shape index (κ2) is 6.76. The SMILES string of the molecule is CN=C(NC1CC1c1c(F)cccc1Cl)N(C)Cc1ncnn1C. The maximum absolute atomic E-state index is 14.0. The lowest BCUT2D eigenvalue weighted by molar-refractivity contribution is 0.447. The highest BCUT2D eigenvalue weighted by atomic mass is 35.5. The van der Waals surface area contributed by atoms with Gasteiger partial charge in [0.15, 0.2) is 5.96 Å². The molecule has 1 aromatic carbocycles. The van der Waals surface area contributed by atoms with Crippen LogP contribution in [0.2, 0.25) is 5.02 Å². The van der Waals surface area contributed by atoms with Crippen molar-refractivity contribution in [2.45, 2.75) is 24.9 Å². The zero-order valence-electron chi connectivity index (χ0n) is 13.9. The van der Waals surface area contributed by atoms with Gasteiger partial charge >= 0.3 is 0 Å². The van der Waals surface area contributed by atoms with Crippen molar-refractivity contribution in [3.63, 3.8) is 0 Å². The number of benzene rings is 1. The second-order valence-corrected chi connectivity index (χ2v) is 6.34. The predicted octanol–water partition coefficient (Wildman–Crippen LogP) is 2.17. The molecule has 8 heteroatoms. The fourth-order valence-corrected chi connectivity index (χ4v) is 3.10. The summed E-state index contributed by atoms with van der Waals surface area (Å²) in [6.45, 7) is 0.577. The molecule has 2 aromatic rings. The van der Waals surface area contributed by atoms with Crippen LogP contribution >= 0.6 is 11.6 Å². The third-order valence-corrected chi connectivity index (χ3v) is 4.56. The average molecular weight is 351 g/mol. The molecular formula is C16H20ClFN6. The summed E-state index contributed by atoms with van der Waals surface area (Å²) in [7, 11) is 5.50. The van der Waals surface area contributed by atoms with Gasteiger partial charge in [-0.15, -0.1) is 0 Å². The van der Waals surface area contributed by atoms with E-state index in [0.717, 1.165) is 18.2 Å². The molecule has 1 aliphatic rings. The molecule has 128 valence electrons. The number of hydrogen-bond acceptors (Lipinski definition) is 3.